The topological polar surface area (TPSA) is 136 Å². The quantitative estimate of drug-likeness (QED) is 0.343. The van der Waals surface area contributed by atoms with E-state index in [0.717, 1.165) is 11.1 Å². The summed E-state index contributed by atoms with van der Waals surface area (Å²) < 4.78 is 5.41. The number of hydrogen-bond donors (Lipinski definition) is 5. The van der Waals surface area contributed by atoms with E-state index < -0.39 is 36.8 Å². The number of aliphatic hydroxyl groups excluding tert-OH is 4. The molecule has 0 bridgehead atoms. The summed E-state index contributed by atoms with van der Waals surface area (Å²) >= 11 is 6.37. The molecule has 4 rings (SSSR count). The molecule has 5 N–H and O–H groups in total. The smallest absolute Gasteiger partial charge is 0.222 e. The van der Waals surface area contributed by atoms with Crippen LogP contribution in [0.2, 0.25) is 5.02 Å². The molecule has 0 aliphatic carbocycles. The summed E-state index contributed by atoms with van der Waals surface area (Å²) in [5.41, 5.74) is 3.06. The zero-order chi connectivity index (χ0) is 24.3. The van der Waals surface area contributed by atoms with E-state index in [0.29, 0.717) is 22.7 Å². The summed E-state index contributed by atoms with van der Waals surface area (Å²) in [6.07, 6.45) is -1.25. The zero-order valence-electron chi connectivity index (χ0n) is 17.9. The molecule has 1 saturated heterocycles. The van der Waals surface area contributed by atoms with Crippen LogP contribution in [-0.2, 0) is 16.9 Å². The number of aromatic nitrogens is 2. The first-order chi connectivity index (χ1) is 16.3. The lowest BCUT2D eigenvalue weighted by molar-refractivity contribution is -0.357. The molecule has 3 aromatic rings. The van der Waals surface area contributed by atoms with Crippen molar-refractivity contribution in [2.75, 3.05) is 6.61 Å². The molecule has 1 aliphatic rings. The van der Waals surface area contributed by atoms with Crippen molar-refractivity contribution in [2.45, 2.75) is 36.6 Å². The van der Waals surface area contributed by atoms with Crippen LogP contribution in [-0.4, -0.2) is 66.5 Å². The number of nitrogens with zero attached hydrogens (tertiary/aromatic N) is 2. The summed E-state index contributed by atoms with van der Waals surface area (Å²) in [5, 5.41) is 51.5. The minimum Gasteiger partial charge on any atom is -0.394 e. The van der Waals surface area contributed by atoms with Crippen LogP contribution < -0.4 is 0 Å². The van der Waals surface area contributed by atoms with Crippen LogP contribution in [0.1, 0.15) is 27.9 Å². The number of aliphatic hydroxyl groups is 5. The third kappa shape index (κ3) is 4.97. The summed E-state index contributed by atoms with van der Waals surface area (Å²) in [5.74, 6) is 3.62. The van der Waals surface area contributed by atoms with Crippen LogP contribution in [0.3, 0.4) is 0 Å². The zero-order valence-corrected chi connectivity index (χ0v) is 18.7. The molecule has 176 valence electrons. The highest BCUT2D eigenvalue weighted by Crippen LogP contribution is 2.37. The van der Waals surface area contributed by atoms with E-state index in [2.05, 4.69) is 21.8 Å². The second kappa shape index (κ2) is 10.2. The van der Waals surface area contributed by atoms with Crippen molar-refractivity contribution in [3.63, 3.8) is 0 Å². The van der Waals surface area contributed by atoms with Crippen LogP contribution >= 0.6 is 11.6 Å². The van der Waals surface area contributed by atoms with Gasteiger partial charge in [-0.15, -0.1) is 0 Å². The van der Waals surface area contributed by atoms with Gasteiger partial charge in [0.15, 0.2) is 0 Å². The first-order valence-electron chi connectivity index (χ1n) is 10.5. The fourth-order valence-corrected chi connectivity index (χ4v) is 3.94. The second-order valence-corrected chi connectivity index (χ2v) is 8.39. The number of halogens is 1. The molecule has 2 heterocycles. The Labute approximate surface area is 201 Å². The van der Waals surface area contributed by atoms with E-state index in [9.17, 15) is 25.5 Å². The van der Waals surface area contributed by atoms with E-state index in [1.54, 1.807) is 30.7 Å². The van der Waals surface area contributed by atoms with Crippen LogP contribution in [0.5, 0.6) is 0 Å². The Kier molecular flexibility index (Phi) is 7.26. The third-order valence-corrected chi connectivity index (χ3v) is 6.04. The Morgan fingerprint density at radius 1 is 1.00 bits per heavy atom. The van der Waals surface area contributed by atoms with Crippen LogP contribution in [0.25, 0.3) is 0 Å². The van der Waals surface area contributed by atoms with Gasteiger partial charge < -0.3 is 30.3 Å². The molecule has 8 nitrogen and oxygen atoms in total. The fourth-order valence-electron chi connectivity index (χ4n) is 3.75. The summed E-state index contributed by atoms with van der Waals surface area (Å²) in [4.78, 5) is 8.09. The molecule has 1 fully saturated rings. The van der Waals surface area contributed by atoms with E-state index in [1.807, 2.05) is 24.3 Å². The Morgan fingerprint density at radius 3 is 2.44 bits per heavy atom. The molecule has 34 heavy (non-hydrogen) atoms. The standard InChI is InChI=1S/C25H23ClN2O6/c26-20-8-6-18(25(33)24(32)23(31)22(30)21(14-29)34-25)12-17(20)11-16-3-1-15(2-4-16)5-7-19-13-27-9-10-28-19/h1-4,6,8-10,12-13,21-24,29-33H,11,14H2/t21-,22-,23+,24-,25+/m1/s1. The molecule has 5 atom stereocenters. The first kappa shape index (κ1) is 24.3. The average molecular weight is 483 g/mol. The van der Waals surface area contributed by atoms with E-state index >= 15 is 0 Å². The average Bonchev–Trinajstić information content (AvgIpc) is 2.86. The van der Waals surface area contributed by atoms with E-state index in [4.69, 9.17) is 16.3 Å². The predicted octanol–water partition coefficient (Wildman–Crippen LogP) is 0.739. The normalized spacial score (nSPS) is 26.5. The van der Waals surface area contributed by atoms with E-state index in [-0.39, 0.29) is 5.56 Å². The van der Waals surface area contributed by atoms with Gasteiger partial charge in [-0.3, -0.25) is 4.98 Å². The highest BCUT2D eigenvalue weighted by atomic mass is 35.5. The summed E-state index contributed by atoms with van der Waals surface area (Å²) in [6, 6.07) is 12.1. The molecule has 1 aromatic heterocycles. The minimum atomic E-state index is -2.34. The van der Waals surface area contributed by atoms with Crippen molar-refractivity contribution in [1.82, 2.24) is 9.97 Å². The molecule has 9 heteroatoms. The Hall–Kier alpha value is -2.87. The van der Waals surface area contributed by atoms with Crippen molar-refractivity contribution in [3.8, 4) is 11.8 Å². The number of benzene rings is 2. The molecular weight excluding hydrogens is 460 g/mol. The molecular formula is C25H23ClN2O6. The number of rotatable bonds is 4. The van der Waals surface area contributed by atoms with Gasteiger partial charge >= 0.3 is 0 Å². The van der Waals surface area contributed by atoms with Crippen molar-refractivity contribution in [1.29, 1.82) is 0 Å². The van der Waals surface area contributed by atoms with Crippen molar-refractivity contribution in [2.24, 2.45) is 0 Å². The molecule has 1 aliphatic heterocycles. The predicted molar refractivity (Wildman–Crippen MR) is 123 cm³/mol. The van der Waals surface area contributed by atoms with Gasteiger partial charge in [-0.2, -0.15) is 0 Å². The Morgan fingerprint density at radius 2 is 1.76 bits per heavy atom. The van der Waals surface area contributed by atoms with Gasteiger partial charge in [0.2, 0.25) is 5.79 Å². The summed E-state index contributed by atoms with van der Waals surface area (Å²) in [7, 11) is 0. The molecule has 0 saturated carbocycles. The van der Waals surface area contributed by atoms with Crippen LogP contribution in [0.15, 0.2) is 61.1 Å². The van der Waals surface area contributed by atoms with Crippen molar-refractivity contribution < 1.29 is 30.3 Å². The molecule has 0 amide bonds. The fraction of sp³-hybridized carbons (Fsp3) is 0.280. The maximum atomic E-state index is 11.0. The Bertz CT molecular complexity index is 1200. The van der Waals surface area contributed by atoms with Gasteiger partial charge in [-0.1, -0.05) is 35.7 Å². The minimum absolute atomic E-state index is 0.134. The molecule has 0 spiro atoms. The molecule has 0 radical (unpaired) electrons. The van der Waals surface area contributed by atoms with Crippen molar-refractivity contribution >= 4 is 11.6 Å². The maximum absolute atomic E-state index is 11.0. The molecule has 0 unspecified atom stereocenters. The first-order valence-corrected chi connectivity index (χ1v) is 10.9. The van der Waals surface area contributed by atoms with Gasteiger partial charge in [-0.05, 0) is 47.7 Å². The highest BCUT2D eigenvalue weighted by molar-refractivity contribution is 6.31. The lowest BCUT2D eigenvalue weighted by Gasteiger charge is -2.45. The van der Waals surface area contributed by atoms with Crippen molar-refractivity contribution in [3.05, 3.63) is 94.0 Å². The monoisotopic (exact) mass is 482 g/mol. The Balaban J connectivity index is 1.55. The van der Waals surface area contributed by atoms with Crippen LogP contribution in [0, 0.1) is 11.8 Å². The van der Waals surface area contributed by atoms with E-state index in [1.165, 1.54) is 6.07 Å². The van der Waals surface area contributed by atoms with Gasteiger partial charge in [0.1, 0.15) is 30.1 Å². The molecule has 2 aromatic carbocycles. The van der Waals surface area contributed by atoms with Gasteiger partial charge in [0.25, 0.3) is 0 Å². The second-order valence-electron chi connectivity index (χ2n) is 7.98. The van der Waals surface area contributed by atoms with Gasteiger partial charge in [0, 0.05) is 28.5 Å². The third-order valence-electron chi connectivity index (χ3n) is 5.67. The lowest BCUT2D eigenvalue weighted by atomic mass is 9.87. The SMILES string of the molecule is OC[C@H]1O[C@@](O)(c2ccc(Cl)c(Cc3ccc(C#Cc4cnccn4)cc3)c2)[C@H](O)[C@@H](O)[C@@H]1O. The van der Waals surface area contributed by atoms with Crippen LogP contribution in [0.4, 0.5) is 0 Å². The maximum Gasteiger partial charge on any atom is 0.222 e. The summed E-state index contributed by atoms with van der Waals surface area (Å²) in [6.45, 7) is -0.653. The van der Waals surface area contributed by atoms with Gasteiger partial charge in [0.05, 0.1) is 12.8 Å². The largest absolute Gasteiger partial charge is 0.394 e. The lowest BCUT2D eigenvalue weighted by Crippen LogP contribution is -2.63. The number of ether oxygens (including phenoxy) is 1. The van der Waals surface area contributed by atoms with Gasteiger partial charge in [-0.25, -0.2) is 4.98 Å². The number of hydrogen-bond acceptors (Lipinski definition) is 8. The highest BCUT2D eigenvalue weighted by Gasteiger charge is 2.53.